The van der Waals surface area contributed by atoms with Gasteiger partial charge in [0.1, 0.15) is 0 Å². The third-order valence-electron chi connectivity index (χ3n) is 3.34. The molecule has 1 amide bonds. The molecule has 0 aromatic heterocycles. The molecule has 2 N–H and O–H groups in total. The second-order valence-electron chi connectivity index (χ2n) is 5.47. The van der Waals surface area contributed by atoms with E-state index < -0.39 is 10.0 Å². The van der Waals surface area contributed by atoms with E-state index in [-0.39, 0.29) is 16.8 Å². The first-order valence-electron chi connectivity index (χ1n) is 6.90. The highest BCUT2D eigenvalue weighted by Crippen LogP contribution is 2.20. The van der Waals surface area contributed by atoms with E-state index in [1.165, 1.54) is 26.2 Å². The zero-order chi connectivity index (χ0) is 15.6. The van der Waals surface area contributed by atoms with Crippen molar-refractivity contribution >= 4 is 21.6 Å². The van der Waals surface area contributed by atoms with Crippen LogP contribution in [0.2, 0.25) is 0 Å². The SMILES string of the molecule is CC(NC1CC1)C(=O)Nc1cccc(S(=O)(=O)N(C)C)c1. The lowest BCUT2D eigenvalue weighted by atomic mass is 10.2. The van der Waals surface area contributed by atoms with E-state index in [4.69, 9.17) is 0 Å². The number of anilines is 1. The van der Waals surface area contributed by atoms with E-state index in [9.17, 15) is 13.2 Å². The molecular weight excluding hydrogens is 290 g/mol. The zero-order valence-corrected chi connectivity index (χ0v) is 13.3. The minimum absolute atomic E-state index is 0.160. The van der Waals surface area contributed by atoms with Crippen molar-refractivity contribution in [3.63, 3.8) is 0 Å². The molecule has 116 valence electrons. The van der Waals surface area contributed by atoms with Crippen LogP contribution < -0.4 is 10.6 Å². The fourth-order valence-corrected chi connectivity index (χ4v) is 2.82. The molecule has 1 atom stereocenters. The summed E-state index contributed by atoms with van der Waals surface area (Å²) >= 11 is 0. The summed E-state index contributed by atoms with van der Waals surface area (Å²) in [4.78, 5) is 12.2. The Bertz CT molecular complexity index is 624. The van der Waals surface area contributed by atoms with Crippen LogP contribution >= 0.6 is 0 Å². The van der Waals surface area contributed by atoms with Crippen LogP contribution in [0.4, 0.5) is 5.69 Å². The van der Waals surface area contributed by atoms with E-state index >= 15 is 0 Å². The number of carbonyl (C=O) groups excluding carboxylic acids is 1. The van der Waals surface area contributed by atoms with Crippen LogP contribution in [-0.4, -0.2) is 44.8 Å². The molecule has 7 heteroatoms. The molecule has 0 bridgehead atoms. The minimum atomic E-state index is -3.50. The van der Waals surface area contributed by atoms with Gasteiger partial charge in [-0.3, -0.25) is 4.79 Å². The second-order valence-corrected chi connectivity index (χ2v) is 7.62. The molecule has 1 aromatic carbocycles. The molecule has 21 heavy (non-hydrogen) atoms. The van der Waals surface area contributed by atoms with Gasteiger partial charge in [0.25, 0.3) is 0 Å². The van der Waals surface area contributed by atoms with Gasteiger partial charge in [0.2, 0.25) is 15.9 Å². The lowest BCUT2D eigenvalue weighted by Gasteiger charge is -2.15. The topological polar surface area (TPSA) is 78.5 Å². The van der Waals surface area contributed by atoms with Gasteiger partial charge >= 0.3 is 0 Å². The summed E-state index contributed by atoms with van der Waals surface area (Å²) in [7, 11) is -0.549. The smallest absolute Gasteiger partial charge is 0.242 e. The van der Waals surface area contributed by atoms with Crippen molar-refractivity contribution in [3.05, 3.63) is 24.3 Å². The molecule has 0 spiro atoms. The first-order chi connectivity index (χ1) is 9.80. The van der Waals surface area contributed by atoms with Crippen LogP contribution in [0.25, 0.3) is 0 Å². The monoisotopic (exact) mass is 311 g/mol. The molecule has 1 unspecified atom stereocenters. The van der Waals surface area contributed by atoms with Crippen molar-refractivity contribution in [2.45, 2.75) is 36.7 Å². The maximum absolute atomic E-state index is 12.1. The number of nitrogens with zero attached hydrogens (tertiary/aromatic N) is 1. The molecule has 1 aliphatic rings. The Kier molecular flexibility index (Phi) is 4.65. The van der Waals surface area contributed by atoms with E-state index in [1.54, 1.807) is 19.1 Å². The summed E-state index contributed by atoms with van der Waals surface area (Å²) in [5.74, 6) is -0.165. The van der Waals surface area contributed by atoms with E-state index in [1.807, 2.05) is 0 Å². The lowest BCUT2D eigenvalue weighted by Crippen LogP contribution is -2.39. The molecule has 6 nitrogen and oxygen atoms in total. The third kappa shape index (κ3) is 4.03. The summed E-state index contributed by atoms with van der Waals surface area (Å²) in [5.41, 5.74) is 0.479. The normalized spacial score (nSPS) is 16.8. The van der Waals surface area contributed by atoms with Gasteiger partial charge in [-0.25, -0.2) is 12.7 Å². The number of amides is 1. The number of hydrogen-bond acceptors (Lipinski definition) is 4. The van der Waals surface area contributed by atoms with Crippen molar-refractivity contribution < 1.29 is 13.2 Å². The van der Waals surface area contributed by atoms with E-state index in [0.717, 1.165) is 17.1 Å². The average Bonchev–Trinajstić information content (AvgIpc) is 3.22. The molecule has 0 saturated heterocycles. The number of carbonyl (C=O) groups is 1. The Balaban J connectivity index is 2.08. The molecule has 0 heterocycles. The van der Waals surface area contributed by atoms with Gasteiger partial charge in [0.15, 0.2) is 0 Å². The molecule has 2 rings (SSSR count). The van der Waals surface area contributed by atoms with E-state index in [0.29, 0.717) is 11.7 Å². The Morgan fingerprint density at radius 3 is 2.57 bits per heavy atom. The number of nitrogens with one attached hydrogen (secondary N) is 2. The molecule has 1 fully saturated rings. The zero-order valence-electron chi connectivity index (χ0n) is 12.5. The van der Waals surface area contributed by atoms with Crippen molar-refractivity contribution in [1.29, 1.82) is 0 Å². The first kappa shape index (κ1) is 15.9. The maximum Gasteiger partial charge on any atom is 0.242 e. The van der Waals surface area contributed by atoms with Gasteiger partial charge in [-0.15, -0.1) is 0 Å². The first-order valence-corrected chi connectivity index (χ1v) is 8.34. The predicted molar refractivity (Wildman–Crippen MR) is 81.6 cm³/mol. The van der Waals surface area contributed by atoms with Crippen molar-refractivity contribution in [2.24, 2.45) is 0 Å². The minimum Gasteiger partial charge on any atom is -0.325 e. The summed E-state index contributed by atoms with van der Waals surface area (Å²) in [6.07, 6.45) is 2.21. The highest BCUT2D eigenvalue weighted by atomic mass is 32.2. The number of benzene rings is 1. The summed E-state index contributed by atoms with van der Waals surface area (Å²) in [6, 6.07) is 6.41. The molecule has 1 saturated carbocycles. The Morgan fingerprint density at radius 1 is 1.33 bits per heavy atom. The van der Waals surface area contributed by atoms with Crippen LogP contribution in [0.3, 0.4) is 0 Å². The van der Waals surface area contributed by atoms with Crippen LogP contribution in [0.1, 0.15) is 19.8 Å². The Hall–Kier alpha value is -1.44. The summed E-state index contributed by atoms with van der Waals surface area (Å²) in [5, 5.41) is 5.94. The summed E-state index contributed by atoms with van der Waals surface area (Å²) < 4.78 is 25.3. The fourth-order valence-electron chi connectivity index (χ4n) is 1.87. The quantitative estimate of drug-likeness (QED) is 0.822. The van der Waals surface area contributed by atoms with Gasteiger partial charge in [-0.05, 0) is 38.0 Å². The van der Waals surface area contributed by atoms with Crippen LogP contribution in [-0.2, 0) is 14.8 Å². The van der Waals surface area contributed by atoms with E-state index in [2.05, 4.69) is 10.6 Å². The molecular formula is C14H21N3O3S. The van der Waals surface area contributed by atoms with Crippen molar-refractivity contribution in [3.8, 4) is 0 Å². The Labute approximate surface area is 125 Å². The second kappa shape index (κ2) is 6.13. The third-order valence-corrected chi connectivity index (χ3v) is 5.15. The average molecular weight is 311 g/mol. The Morgan fingerprint density at radius 2 is 2.00 bits per heavy atom. The number of hydrogen-bond donors (Lipinski definition) is 2. The van der Waals surface area contributed by atoms with Crippen LogP contribution in [0.15, 0.2) is 29.2 Å². The van der Waals surface area contributed by atoms with Crippen LogP contribution in [0, 0.1) is 0 Å². The van der Waals surface area contributed by atoms with Gasteiger partial charge in [-0.2, -0.15) is 0 Å². The maximum atomic E-state index is 12.1. The fraction of sp³-hybridized carbons (Fsp3) is 0.500. The number of sulfonamides is 1. The summed E-state index contributed by atoms with van der Waals surface area (Å²) in [6.45, 7) is 1.80. The molecule has 1 aromatic rings. The van der Waals surface area contributed by atoms with Gasteiger partial charge in [0.05, 0.1) is 10.9 Å². The molecule has 0 radical (unpaired) electrons. The lowest BCUT2D eigenvalue weighted by molar-refractivity contribution is -0.117. The molecule has 1 aliphatic carbocycles. The molecule has 0 aliphatic heterocycles. The van der Waals surface area contributed by atoms with Gasteiger partial charge in [-0.1, -0.05) is 6.07 Å². The largest absolute Gasteiger partial charge is 0.325 e. The number of rotatable bonds is 6. The highest BCUT2D eigenvalue weighted by Gasteiger charge is 2.25. The van der Waals surface area contributed by atoms with Gasteiger partial charge in [0, 0.05) is 25.8 Å². The standard InChI is InChI=1S/C14H21N3O3S/c1-10(15-11-7-8-11)14(18)16-12-5-4-6-13(9-12)21(19,20)17(2)3/h4-6,9-11,15H,7-8H2,1-3H3,(H,16,18). The highest BCUT2D eigenvalue weighted by molar-refractivity contribution is 7.89. The van der Waals surface area contributed by atoms with Crippen LogP contribution in [0.5, 0.6) is 0 Å². The van der Waals surface area contributed by atoms with Crippen molar-refractivity contribution in [1.82, 2.24) is 9.62 Å². The van der Waals surface area contributed by atoms with Gasteiger partial charge < -0.3 is 10.6 Å². The van der Waals surface area contributed by atoms with Crippen molar-refractivity contribution in [2.75, 3.05) is 19.4 Å². The predicted octanol–water partition coefficient (Wildman–Crippen LogP) is 1.02.